The zero-order valence-corrected chi connectivity index (χ0v) is 13.2. The van der Waals surface area contributed by atoms with Crippen LogP contribution in [0.25, 0.3) is 0 Å². The molecular formula is C15H17BrN2O3. The second-order valence-electron chi connectivity index (χ2n) is 5.71. The molecule has 112 valence electrons. The maximum absolute atomic E-state index is 11.9. The summed E-state index contributed by atoms with van der Waals surface area (Å²) in [5.74, 6) is 0.592. The molecule has 5 nitrogen and oxygen atoms in total. The van der Waals surface area contributed by atoms with E-state index in [1.807, 2.05) is 18.2 Å². The Morgan fingerprint density at radius 3 is 2.81 bits per heavy atom. The fourth-order valence-corrected chi connectivity index (χ4v) is 3.33. The minimum Gasteiger partial charge on any atom is -0.390 e. The number of carbonyl (C=O) groups excluding carboxylic acids is 1. The Bertz CT molecular complexity index is 617. The summed E-state index contributed by atoms with van der Waals surface area (Å²) in [6.07, 6.45) is 1.17. The molecule has 21 heavy (non-hydrogen) atoms. The van der Waals surface area contributed by atoms with Gasteiger partial charge >= 0.3 is 0 Å². The van der Waals surface area contributed by atoms with Crippen LogP contribution in [0.4, 0.5) is 0 Å². The van der Waals surface area contributed by atoms with Crippen LogP contribution in [0.2, 0.25) is 0 Å². The van der Waals surface area contributed by atoms with Crippen molar-refractivity contribution >= 4 is 27.5 Å². The molecule has 1 aliphatic heterocycles. The number of nitrogens with zero attached hydrogens (tertiary/aromatic N) is 2. The van der Waals surface area contributed by atoms with Gasteiger partial charge in [-0.2, -0.15) is 0 Å². The first-order chi connectivity index (χ1) is 10.0. The number of hydrogen-bond donors (Lipinski definition) is 2. The van der Waals surface area contributed by atoms with Crippen LogP contribution in [-0.4, -0.2) is 40.1 Å². The number of hydroxylamine groups is 2. The molecule has 0 saturated heterocycles. The van der Waals surface area contributed by atoms with E-state index in [-0.39, 0.29) is 12.3 Å². The van der Waals surface area contributed by atoms with Gasteiger partial charge in [-0.3, -0.25) is 15.0 Å². The molecule has 1 amide bonds. The summed E-state index contributed by atoms with van der Waals surface area (Å²) >= 11 is 3.57. The van der Waals surface area contributed by atoms with Crippen molar-refractivity contribution in [1.82, 2.24) is 5.06 Å². The van der Waals surface area contributed by atoms with E-state index in [9.17, 15) is 10.0 Å². The smallest absolute Gasteiger partial charge is 0.294 e. The second kappa shape index (κ2) is 5.51. The minimum atomic E-state index is -0.627. The van der Waals surface area contributed by atoms with Gasteiger partial charge in [-0.15, -0.1) is 0 Å². The molecule has 1 fully saturated rings. The fraction of sp³-hybridized carbons (Fsp3) is 0.467. The van der Waals surface area contributed by atoms with Crippen molar-refractivity contribution in [2.45, 2.75) is 25.3 Å². The van der Waals surface area contributed by atoms with Crippen LogP contribution in [0.3, 0.4) is 0 Å². The van der Waals surface area contributed by atoms with Crippen molar-refractivity contribution in [2.24, 2.45) is 10.9 Å². The van der Waals surface area contributed by atoms with Gasteiger partial charge < -0.3 is 5.11 Å². The van der Waals surface area contributed by atoms with Gasteiger partial charge in [-0.1, -0.05) is 35.0 Å². The number of hydrogen-bond acceptors (Lipinski definition) is 4. The second-order valence-corrected chi connectivity index (χ2v) is 6.57. The zero-order valence-electron chi connectivity index (χ0n) is 11.7. The molecule has 1 aromatic carbocycles. The van der Waals surface area contributed by atoms with Crippen molar-refractivity contribution < 1.29 is 15.1 Å². The van der Waals surface area contributed by atoms with E-state index in [1.165, 1.54) is 12.0 Å². The Kier molecular flexibility index (Phi) is 3.86. The predicted molar refractivity (Wildman–Crippen MR) is 81.4 cm³/mol. The van der Waals surface area contributed by atoms with E-state index < -0.39 is 18.6 Å². The Morgan fingerprint density at radius 1 is 1.48 bits per heavy atom. The monoisotopic (exact) mass is 352 g/mol. The molecule has 3 rings (SSSR count). The summed E-state index contributed by atoms with van der Waals surface area (Å²) in [7, 11) is 0. The highest BCUT2D eigenvalue weighted by molar-refractivity contribution is 9.10. The van der Waals surface area contributed by atoms with Crippen molar-refractivity contribution in [1.29, 1.82) is 0 Å². The van der Waals surface area contributed by atoms with Crippen LogP contribution in [0.5, 0.6) is 0 Å². The maximum Gasteiger partial charge on any atom is 0.294 e. The van der Waals surface area contributed by atoms with Gasteiger partial charge in [0, 0.05) is 4.47 Å². The molecule has 0 bridgehead atoms. The molecule has 0 spiro atoms. The third kappa shape index (κ3) is 2.63. The molecule has 2 N–H and O–H groups in total. The third-order valence-electron chi connectivity index (χ3n) is 4.27. The molecule has 0 radical (unpaired) electrons. The van der Waals surface area contributed by atoms with Gasteiger partial charge in [-0.25, -0.2) is 5.06 Å². The van der Waals surface area contributed by atoms with Crippen LogP contribution in [0, 0.1) is 5.92 Å². The standard InChI is InChI=1S/C15H17BrN2O3/c1-8-4-10(8)11-5-9(2-3-12(11)16)14-6-17-13(7-19)15(20)18(14)21/h2-3,5,8,10,14,19,21H,4,6-7H2,1H3/t8?,10-,14?/m0/s1. The fourth-order valence-electron chi connectivity index (χ4n) is 2.79. The maximum atomic E-state index is 11.9. The largest absolute Gasteiger partial charge is 0.390 e. The van der Waals surface area contributed by atoms with Crippen molar-refractivity contribution in [3.8, 4) is 0 Å². The highest BCUT2D eigenvalue weighted by Gasteiger charge is 2.37. The number of aliphatic hydroxyl groups excluding tert-OH is 1. The lowest BCUT2D eigenvalue weighted by Crippen LogP contribution is -2.43. The Labute approximate surface area is 131 Å². The Balaban J connectivity index is 1.91. The van der Waals surface area contributed by atoms with Crippen LogP contribution >= 0.6 is 15.9 Å². The summed E-state index contributed by atoms with van der Waals surface area (Å²) in [5.41, 5.74) is 2.09. The normalized spacial score (nSPS) is 28.6. The number of aliphatic hydroxyl groups is 1. The summed E-state index contributed by atoms with van der Waals surface area (Å²) in [6, 6.07) is 5.40. The SMILES string of the molecule is CC1C[C@@H]1c1cc(C2CN=C(CO)C(=O)N2O)ccc1Br. The average molecular weight is 353 g/mol. The van der Waals surface area contributed by atoms with E-state index in [1.54, 1.807) is 0 Å². The molecular weight excluding hydrogens is 336 g/mol. The number of benzene rings is 1. The zero-order chi connectivity index (χ0) is 15.1. The van der Waals surface area contributed by atoms with Crippen LogP contribution in [0.1, 0.15) is 36.4 Å². The summed E-state index contributed by atoms with van der Waals surface area (Å²) in [4.78, 5) is 15.9. The van der Waals surface area contributed by atoms with Crippen LogP contribution in [0.15, 0.2) is 27.7 Å². The van der Waals surface area contributed by atoms with E-state index in [0.29, 0.717) is 16.9 Å². The van der Waals surface area contributed by atoms with Crippen LogP contribution < -0.4 is 0 Å². The summed E-state index contributed by atoms with van der Waals surface area (Å²) in [6.45, 7) is 2.03. The predicted octanol–water partition coefficient (Wildman–Crippen LogP) is 2.28. The molecule has 1 aliphatic carbocycles. The quantitative estimate of drug-likeness (QED) is 0.819. The third-order valence-corrected chi connectivity index (χ3v) is 4.99. The number of halogens is 1. The highest BCUT2D eigenvalue weighted by atomic mass is 79.9. The highest BCUT2D eigenvalue weighted by Crippen LogP contribution is 2.49. The lowest BCUT2D eigenvalue weighted by atomic mass is 9.99. The first-order valence-electron chi connectivity index (χ1n) is 6.99. The average Bonchev–Trinajstić information content (AvgIpc) is 3.19. The molecule has 1 heterocycles. The van der Waals surface area contributed by atoms with Crippen molar-refractivity contribution in [2.75, 3.05) is 13.2 Å². The van der Waals surface area contributed by atoms with Crippen molar-refractivity contribution in [3.63, 3.8) is 0 Å². The summed E-state index contributed by atoms with van der Waals surface area (Å²) in [5, 5.41) is 19.8. The van der Waals surface area contributed by atoms with Gasteiger partial charge in [0.05, 0.1) is 13.2 Å². The number of amides is 1. The molecule has 3 atom stereocenters. The molecule has 6 heteroatoms. The lowest BCUT2D eigenvalue weighted by Gasteiger charge is -2.29. The topological polar surface area (TPSA) is 73.1 Å². The number of rotatable bonds is 3. The van der Waals surface area contributed by atoms with E-state index >= 15 is 0 Å². The van der Waals surface area contributed by atoms with Gasteiger partial charge in [0.25, 0.3) is 5.91 Å². The Morgan fingerprint density at radius 2 is 2.19 bits per heavy atom. The molecule has 1 saturated carbocycles. The number of carbonyl (C=O) groups is 1. The summed E-state index contributed by atoms with van der Waals surface area (Å²) < 4.78 is 1.06. The van der Waals surface area contributed by atoms with Gasteiger partial charge in [0.1, 0.15) is 11.8 Å². The van der Waals surface area contributed by atoms with Crippen LogP contribution in [-0.2, 0) is 4.79 Å². The van der Waals surface area contributed by atoms with E-state index in [4.69, 9.17) is 5.11 Å². The molecule has 0 aromatic heterocycles. The lowest BCUT2D eigenvalue weighted by molar-refractivity contribution is -0.169. The molecule has 1 aromatic rings. The first-order valence-corrected chi connectivity index (χ1v) is 7.78. The number of aliphatic imine (C=N–C) groups is 1. The van der Waals surface area contributed by atoms with Crippen molar-refractivity contribution in [3.05, 3.63) is 33.8 Å². The minimum absolute atomic E-state index is 0.00176. The molecule has 2 aliphatic rings. The Hall–Kier alpha value is -1.24. The van der Waals surface area contributed by atoms with E-state index in [0.717, 1.165) is 10.0 Å². The molecule has 2 unspecified atom stereocenters. The first kappa shape index (κ1) is 14.7. The van der Waals surface area contributed by atoms with Gasteiger partial charge in [0.15, 0.2) is 0 Å². The van der Waals surface area contributed by atoms with E-state index in [2.05, 4.69) is 27.8 Å². The van der Waals surface area contributed by atoms with Gasteiger partial charge in [-0.05, 0) is 35.4 Å². The van der Waals surface area contributed by atoms with Gasteiger partial charge in [0.2, 0.25) is 0 Å².